The summed E-state index contributed by atoms with van der Waals surface area (Å²) in [5, 5.41) is 0.0633. The van der Waals surface area contributed by atoms with Gasteiger partial charge in [-0.25, -0.2) is 0 Å². The topological polar surface area (TPSA) is 18.5 Å². The molecule has 0 saturated carbocycles. The number of rotatable bonds is 3. The van der Waals surface area contributed by atoms with E-state index in [4.69, 9.17) is 9.31 Å². The van der Waals surface area contributed by atoms with Crippen molar-refractivity contribution in [1.82, 2.24) is 0 Å². The molecule has 80 valence electrons. The summed E-state index contributed by atoms with van der Waals surface area (Å²) in [5.41, 5.74) is 0. The average Bonchev–Trinajstić information content (AvgIpc) is 2.61. The molecule has 1 aliphatic rings. The highest BCUT2D eigenvalue weighted by Gasteiger charge is 2.45. The largest absolute Gasteiger partial charge is 0.600 e. The van der Waals surface area contributed by atoms with Crippen molar-refractivity contribution in [2.45, 2.75) is 38.9 Å². The van der Waals surface area contributed by atoms with Gasteiger partial charge in [-0.15, -0.1) is 0 Å². The van der Waals surface area contributed by atoms with Crippen LogP contribution in [0.4, 0.5) is 0 Å². The van der Waals surface area contributed by atoms with Crippen molar-refractivity contribution < 1.29 is 9.31 Å². The van der Waals surface area contributed by atoms with Gasteiger partial charge in [0, 0.05) is 5.31 Å². The smallest absolute Gasteiger partial charge is 0.523 e. The maximum absolute atomic E-state index is 5.80. The van der Waals surface area contributed by atoms with E-state index in [-0.39, 0.29) is 12.4 Å². The summed E-state index contributed by atoms with van der Waals surface area (Å²) in [6.07, 6.45) is 2.25. The third kappa shape index (κ3) is 1.96. The first kappa shape index (κ1) is 10.4. The molecule has 0 unspecified atom stereocenters. The van der Waals surface area contributed by atoms with Crippen molar-refractivity contribution in [3.05, 3.63) is 24.3 Å². The van der Waals surface area contributed by atoms with Crippen LogP contribution >= 0.6 is 0 Å². The van der Waals surface area contributed by atoms with Gasteiger partial charge in [0.15, 0.2) is 0 Å². The first-order valence-corrected chi connectivity index (χ1v) is 5.56. The van der Waals surface area contributed by atoms with Gasteiger partial charge in [-0.1, -0.05) is 39.3 Å². The van der Waals surface area contributed by atoms with E-state index in [0.717, 1.165) is 24.3 Å². The molecule has 0 N–H and O–H groups in total. The Labute approximate surface area is 91.7 Å². The van der Waals surface area contributed by atoms with E-state index < -0.39 is 0 Å². The summed E-state index contributed by atoms with van der Waals surface area (Å²) in [5.74, 6) is 1.73. The fourth-order valence-electron chi connectivity index (χ4n) is 1.98. The Morgan fingerprint density at radius 2 is 1.67 bits per heavy atom. The zero-order chi connectivity index (χ0) is 10.9. The molecule has 1 aromatic carbocycles. The van der Waals surface area contributed by atoms with Gasteiger partial charge in [-0.2, -0.15) is 0 Å². The molecular formula is C12H17BO2. The molecule has 2 nitrogen and oxygen atoms in total. The van der Waals surface area contributed by atoms with E-state index in [1.807, 2.05) is 24.3 Å². The molecule has 1 aliphatic heterocycles. The summed E-state index contributed by atoms with van der Waals surface area (Å²) in [6.45, 7) is 6.56. The first-order chi connectivity index (χ1) is 7.13. The Bertz CT molecular complexity index is 324. The number of para-hydroxylation sites is 2. The molecule has 0 bridgehead atoms. The Kier molecular flexibility index (Phi) is 2.64. The molecular weight excluding hydrogens is 187 g/mol. The van der Waals surface area contributed by atoms with Crippen LogP contribution in [-0.4, -0.2) is 7.12 Å². The van der Waals surface area contributed by atoms with E-state index in [2.05, 4.69) is 20.8 Å². The monoisotopic (exact) mass is 204 g/mol. The minimum atomic E-state index is -0.144. The van der Waals surface area contributed by atoms with E-state index in [9.17, 15) is 0 Å². The van der Waals surface area contributed by atoms with Crippen molar-refractivity contribution in [1.29, 1.82) is 0 Å². The highest BCUT2D eigenvalue weighted by molar-refractivity contribution is 6.51. The average molecular weight is 204 g/mol. The van der Waals surface area contributed by atoms with Gasteiger partial charge in [0.05, 0.1) is 0 Å². The second-order valence-electron chi connectivity index (χ2n) is 4.75. The van der Waals surface area contributed by atoms with Gasteiger partial charge in [0.2, 0.25) is 0 Å². The summed E-state index contributed by atoms with van der Waals surface area (Å²) in [4.78, 5) is 0. The van der Waals surface area contributed by atoms with Crippen molar-refractivity contribution in [3.8, 4) is 11.5 Å². The molecule has 0 fully saturated rings. The molecule has 0 aliphatic carbocycles. The zero-order valence-corrected chi connectivity index (χ0v) is 9.62. The molecule has 0 atom stereocenters. The minimum absolute atomic E-state index is 0.0633. The second kappa shape index (κ2) is 3.80. The Hall–Kier alpha value is -1.12. The van der Waals surface area contributed by atoms with Gasteiger partial charge in [-0.05, 0) is 18.6 Å². The Morgan fingerprint density at radius 3 is 2.13 bits per heavy atom. The second-order valence-corrected chi connectivity index (χ2v) is 4.75. The fraction of sp³-hybridized carbons (Fsp3) is 0.500. The maximum atomic E-state index is 5.80. The third-order valence-corrected chi connectivity index (χ3v) is 2.85. The molecule has 0 amide bonds. The fourth-order valence-corrected chi connectivity index (χ4v) is 1.98. The molecule has 2 rings (SSSR count). The predicted molar refractivity (Wildman–Crippen MR) is 62.4 cm³/mol. The van der Waals surface area contributed by atoms with Crippen LogP contribution in [0.1, 0.15) is 33.6 Å². The Balaban J connectivity index is 2.13. The lowest BCUT2D eigenvalue weighted by Gasteiger charge is -2.24. The summed E-state index contributed by atoms with van der Waals surface area (Å²) in [7, 11) is -0.144. The number of hydrogen-bond donors (Lipinski definition) is 0. The van der Waals surface area contributed by atoms with Gasteiger partial charge >= 0.3 is 7.12 Å². The third-order valence-electron chi connectivity index (χ3n) is 2.85. The van der Waals surface area contributed by atoms with Gasteiger partial charge in [0.1, 0.15) is 11.5 Å². The highest BCUT2D eigenvalue weighted by Crippen LogP contribution is 2.43. The van der Waals surface area contributed by atoms with E-state index in [1.165, 1.54) is 0 Å². The van der Waals surface area contributed by atoms with Gasteiger partial charge in [0.25, 0.3) is 0 Å². The molecule has 15 heavy (non-hydrogen) atoms. The number of hydrogen-bond acceptors (Lipinski definition) is 2. The molecule has 1 heterocycles. The minimum Gasteiger partial charge on any atom is -0.523 e. The van der Waals surface area contributed by atoms with Crippen LogP contribution in [0.3, 0.4) is 0 Å². The van der Waals surface area contributed by atoms with Gasteiger partial charge < -0.3 is 9.31 Å². The number of benzene rings is 1. The van der Waals surface area contributed by atoms with Crippen molar-refractivity contribution in [3.63, 3.8) is 0 Å². The maximum Gasteiger partial charge on any atom is 0.600 e. The lowest BCUT2D eigenvalue weighted by atomic mass is 9.58. The van der Waals surface area contributed by atoms with Crippen LogP contribution in [0.2, 0.25) is 5.31 Å². The highest BCUT2D eigenvalue weighted by atomic mass is 16.6. The van der Waals surface area contributed by atoms with E-state index in [1.54, 1.807) is 0 Å². The van der Waals surface area contributed by atoms with Crippen LogP contribution in [0.25, 0.3) is 0 Å². The van der Waals surface area contributed by atoms with Crippen LogP contribution in [0, 0.1) is 0 Å². The molecule has 0 spiro atoms. The number of fused-ring (bicyclic) bond motifs is 1. The van der Waals surface area contributed by atoms with Gasteiger partial charge in [-0.3, -0.25) is 0 Å². The lowest BCUT2D eigenvalue weighted by molar-refractivity contribution is 0.409. The quantitative estimate of drug-likeness (QED) is 0.701. The molecule has 0 saturated heterocycles. The van der Waals surface area contributed by atoms with Crippen molar-refractivity contribution in [2.75, 3.05) is 0 Å². The summed E-state index contributed by atoms with van der Waals surface area (Å²) < 4.78 is 11.6. The SMILES string of the molecule is CCCC(C)(C)B1Oc2ccccc2O1. The molecule has 1 aromatic rings. The van der Waals surface area contributed by atoms with Crippen molar-refractivity contribution >= 4 is 7.12 Å². The van der Waals surface area contributed by atoms with E-state index >= 15 is 0 Å². The van der Waals surface area contributed by atoms with Crippen LogP contribution < -0.4 is 9.31 Å². The first-order valence-electron chi connectivity index (χ1n) is 5.56. The molecule has 3 heteroatoms. The zero-order valence-electron chi connectivity index (χ0n) is 9.62. The predicted octanol–water partition coefficient (Wildman–Crippen LogP) is 3.53. The molecule has 0 aromatic heterocycles. The molecule has 0 radical (unpaired) electrons. The summed E-state index contributed by atoms with van der Waals surface area (Å²) >= 11 is 0. The Morgan fingerprint density at radius 1 is 1.13 bits per heavy atom. The van der Waals surface area contributed by atoms with Crippen molar-refractivity contribution in [2.24, 2.45) is 0 Å². The standard InChI is InChI=1S/C12H17BO2/c1-4-9-12(2,3)13-14-10-7-5-6-8-11(10)15-13/h5-8H,4,9H2,1-3H3. The lowest BCUT2D eigenvalue weighted by Crippen LogP contribution is -2.36. The van der Waals surface area contributed by atoms with Crippen LogP contribution in [0.15, 0.2) is 24.3 Å². The van der Waals surface area contributed by atoms with Crippen LogP contribution in [-0.2, 0) is 0 Å². The van der Waals surface area contributed by atoms with Crippen LogP contribution in [0.5, 0.6) is 11.5 Å². The normalized spacial score (nSPS) is 14.5. The summed E-state index contributed by atoms with van der Waals surface area (Å²) in [6, 6.07) is 7.85. The van der Waals surface area contributed by atoms with E-state index in [0.29, 0.717) is 0 Å².